The van der Waals surface area contributed by atoms with E-state index in [-0.39, 0.29) is 0 Å². The van der Waals surface area contributed by atoms with Crippen LogP contribution in [0.3, 0.4) is 0 Å². The van der Waals surface area contributed by atoms with E-state index in [9.17, 15) is 0 Å². The molecule has 0 aliphatic rings. The van der Waals surface area contributed by atoms with E-state index < -0.39 is 0 Å². The van der Waals surface area contributed by atoms with Gasteiger partial charge in [-0.15, -0.1) is 0 Å². The molecule has 0 saturated carbocycles. The Morgan fingerprint density at radius 1 is 1.07 bits per heavy atom. The predicted molar refractivity (Wildman–Crippen MR) is 60.3 cm³/mol. The molecule has 0 fully saturated rings. The topological polar surface area (TPSA) is 4.36 Å². The zero-order valence-electron chi connectivity index (χ0n) is 7.70. The fourth-order valence-corrected chi connectivity index (χ4v) is 1.45. The van der Waals surface area contributed by atoms with Crippen LogP contribution in [0.15, 0.2) is 43.0 Å². The SMILES string of the molecule is [C-]#[N+]c1ccc2cc(C=C)ccc2c1. The van der Waals surface area contributed by atoms with Crippen LogP contribution in [0.2, 0.25) is 0 Å². The van der Waals surface area contributed by atoms with E-state index in [2.05, 4.69) is 17.5 Å². The van der Waals surface area contributed by atoms with Gasteiger partial charge in [0.15, 0.2) is 5.69 Å². The van der Waals surface area contributed by atoms with Crippen molar-refractivity contribution in [3.8, 4) is 0 Å². The minimum Gasteiger partial charge on any atom is -0.238 e. The number of hydrogen-bond donors (Lipinski definition) is 0. The Bertz CT molecular complexity index is 532. The lowest BCUT2D eigenvalue weighted by Gasteiger charge is -1.99. The van der Waals surface area contributed by atoms with Crippen LogP contribution < -0.4 is 0 Å². The average molecular weight is 179 g/mol. The third-order valence-electron chi connectivity index (χ3n) is 2.21. The van der Waals surface area contributed by atoms with Crippen molar-refractivity contribution in [3.63, 3.8) is 0 Å². The first-order valence-corrected chi connectivity index (χ1v) is 4.37. The number of hydrogen-bond acceptors (Lipinski definition) is 0. The lowest BCUT2D eigenvalue weighted by molar-refractivity contribution is 1.71. The third kappa shape index (κ3) is 1.38. The Morgan fingerprint density at radius 3 is 2.50 bits per heavy atom. The van der Waals surface area contributed by atoms with Gasteiger partial charge >= 0.3 is 0 Å². The molecule has 0 saturated heterocycles. The summed E-state index contributed by atoms with van der Waals surface area (Å²) in [6, 6.07) is 11.8. The van der Waals surface area contributed by atoms with Gasteiger partial charge < -0.3 is 0 Å². The highest BCUT2D eigenvalue weighted by Crippen LogP contribution is 2.22. The van der Waals surface area contributed by atoms with Gasteiger partial charge in [0.25, 0.3) is 0 Å². The first-order chi connectivity index (χ1) is 6.83. The van der Waals surface area contributed by atoms with Crippen LogP contribution in [-0.2, 0) is 0 Å². The molecule has 0 heterocycles. The molecule has 0 aromatic heterocycles. The summed E-state index contributed by atoms with van der Waals surface area (Å²) in [5, 5.41) is 2.25. The zero-order valence-corrected chi connectivity index (χ0v) is 7.70. The highest BCUT2D eigenvalue weighted by molar-refractivity contribution is 5.87. The maximum atomic E-state index is 6.91. The predicted octanol–water partition coefficient (Wildman–Crippen LogP) is 4.03. The van der Waals surface area contributed by atoms with Gasteiger partial charge in [-0.25, -0.2) is 4.85 Å². The summed E-state index contributed by atoms with van der Waals surface area (Å²) in [5.74, 6) is 0. The largest absolute Gasteiger partial charge is 0.238 e. The van der Waals surface area contributed by atoms with Crippen molar-refractivity contribution in [2.75, 3.05) is 0 Å². The molecule has 0 amide bonds. The van der Waals surface area contributed by atoms with Crippen molar-refractivity contribution < 1.29 is 0 Å². The van der Waals surface area contributed by atoms with Crippen LogP contribution in [0.5, 0.6) is 0 Å². The van der Waals surface area contributed by atoms with Gasteiger partial charge in [-0.05, 0) is 28.5 Å². The van der Waals surface area contributed by atoms with Gasteiger partial charge in [-0.3, -0.25) is 0 Å². The highest BCUT2D eigenvalue weighted by Gasteiger charge is 1.95. The molecule has 0 spiro atoms. The number of fused-ring (bicyclic) bond motifs is 1. The van der Waals surface area contributed by atoms with Crippen molar-refractivity contribution in [1.82, 2.24) is 0 Å². The number of nitrogens with zero attached hydrogens (tertiary/aromatic N) is 1. The van der Waals surface area contributed by atoms with E-state index >= 15 is 0 Å². The van der Waals surface area contributed by atoms with Gasteiger partial charge in [0.1, 0.15) is 0 Å². The number of rotatable bonds is 1. The summed E-state index contributed by atoms with van der Waals surface area (Å²) in [6.45, 7) is 10.6. The molecule has 2 aromatic rings. The average Bonchev–Trinajstić information content (AvgIpc) is 2.27. The molecule has 0 aliphatic heterocycles. The van der Waals surface area contributed by atoms with E-state index in [1.807, 2.05) is 36.4 Å². The second-order valence-corrected chi connectivity index (χ2v) is 3.11. The van der Waals surface area contributed by atoms with Crippen LogP contribution in [0.4, 0.5) is 5.69 Å². The van der Waals surface area contributed by atoms with Crippen molar-refractivity contribution in [3.05, 3.63) is 60.0 Å². The minimum absolute atomic E-state index is 0.684. The molecule has 0 radical (unpaired) electrons. The van der Waals surface area contributed by atoms with E-state index in [0.717, 1.165) is 16.3 Å². The molecule has 0 N–H and O–H groups in total. The standard InChI is InChI=1S/C13H9N/c1-3-10-4-5-12-9-13(14-2)7-6-11(12)8-10/h3-9H,1H2. The van der Waals surface area contributed by atoms with Gasteiger partial charge in [-0.1, -0.05) is 36.9 Å². The zero-order chi connectivity index (χ0) is 9.97. The minimum atomic E-state index is 0.684. The molecule has 0 aliphatic carbocycles. The van der Waals surface area contributed by atoms with Crippen LogP contribution in [-0.4, -0.2) is 0 Å². The Balaban J connectivity index is 2.70. The summed E-state index contributed by atoms with van der Waals surface area (Å²) >= 11 is 0. The van der Waals surface area contributed by atoms with E-state index in [4.69, 9.17) is 6.57 Å². The molecule has 2 rings (SSSR count). The maximum absolute atomic E-state index is 6.91. The summed E-state index contributed by atoms with van der Waals surface area (Å²) in [6.07, 6.45) is 1.82. The summed E-state index contributed by atoms with van der Waals surface area (Å²) in [7, 11) is 0. The normalized spacial score (nSPS) is 9.64. The molecule has 14 heavy (non-hydrogen) atoms. The molecular formula is C13H9N. The summed E-state index contributed by atoms with van der Waals surface area (Å²) < 4.78 is 0. The quantitative estimate of drug-likeness (QED) is 0.582. The Hall–Kier alpha value is -2.07. The second kappa shape index (κ2) is 3.35. The molecule has 0 bridgehead atoms. The highest BCUT2D eigenvalue weighted by atomic mass is 14.6. The molecular weight excluding hydrogens is 170 g/mol. The monoisotopic (exact) mass is 179 g/mol. The molecule has 1 nitrogen and oxygen atoms in total. The van der Waals surface area contributed by atoms with E-state index in [0.29, 0.717) is 5.69 Å². The first kappa shape index (κ1) is 8.52. The molecule has 0 atom stereocenters. The lowest BCUT2D eigenvalue weighted by Crippen LogP contribution is -1.74. The lowest BCUT2D eigenvalue weighted by atomic mass is 10.1. The molecule has 0 unspecified atom stereocenters. The summed E-state index contributed by atoms with van der Waals surface area (Å²) in [5.41, 5.74) is 1.79. The van der Waals surface area contributed by atoms with Gasteiger partial charge in [0.2, 0.25) is 0 Å². The van der Waals surface area contributed by atoms with Crippen LogP contribution in [0.1, 0.15) is 5.56 Å². The van der Waals surface area contributed by atoms with Gasteiger partial charge in [0, 0.05) is 0 Å². The maximum Gasteiger partial charge on any atom is 0.187 e. The van der Waals surface area contributed by atoms with Crippen LogP contribution >= 0.6 is 0 Å². The Morgan fingerprint density at radius 2 is 1.79 bits per heavy atom. The van der Waals surface area contributed by atoms with Crippen LogP contribution in [0.25, 0.3) is 21.7 Å². The molecule has 66 valence electrons. The fraction of sp³-hybridized carbons (Fsp3) is 0. The van der Waals surface area contributed by atoms with Gasteiger partial charge in [-0.2, -0.15) is 0 Å². The fourth-order valence-electron chi connectivity index (χ4n) is 1.45. The van der Waals surface area contributed by atoms with Crippen molar-refractivity contribution >= 4 is 22.5 Å². The Kier molecular flexibility index (Phi) is 2.04. The van der Waals surface area contributed by atoms with Gasteiger partial charge in [0.05, 0.1) is 6.57 Å². The second-order valence-electron chi connectivity index (χ2n) is 3.11. The van der Waals surface area contributed by atoms with E-state index in [1.165, 1.54) is 0 Å². The first-order valence-electron chi connectivity index (χ1n) is 4.37. The smallest absolute Gasteiger partial charge is 0.187 e. The van der Waals surface area contributed by atoms with Crippen molar-refractivity contribution in [1.29, 1.82) is 0 Å². The van der Waals surface area contributed by atoms with Crippen molar-refractivity contribution in [2.45, 2.75) is 0 Å². The van der Waals surface area contributed by atoms with E-state index in [1.54, 1.807) is 0 Å². The van der Waals surface area contributed by atoms with Crippen molar-refractivity contribution in [2.24, 2.45) is 0 Å². The third-order valence-corrected chi connectivity index (χ3v) is 2.21. The molecule has 1 heteroatoms. The Labute approximate surface area is 83.1 Å². The molecule has 2 aromatic carbocycles. The van der Waals surface area contributed by atoms with Crippen LogP contribution in [0, 0.1) is 6.57 Å². The summed E-state index contributed by atoms with van der Waals surface area (Å²) in [4.78, 5) is 3.39. The number of benzene rings is 2.